The van der Waals surface area contributed by atoms with Crippen LogP contribution < -0.4 is 4.75 Å². The number of carbonyl (C=O) groups is 1. The topological polar surface area (TPSA) is 30.0 Å². The highest BCUT2D eigenvalue weighted by Crippen LogP contribution is 2.01. The molecular formula is C4H4NOPS. The average molecular weight is 145 g/mol. The fourth-order valence-electron chi connectivity index (χ4n) is 0.355. The lowest BCUT2D eigenvalue weighted by atomic mass is 10.6. The van der Waals surface area contributed by atoms with Gasteiger partial charge >= 0.3 is 0 Å². The fourth-order valence-corrected chi connectivity index (χ4v) is 1.34. The van der Waals surface area contributed by atoms with Gasteiger partial charge in [0, 0.05) is 6.20 Å². The van der Waals surface area contributed by atoms with Crippen LogP contribution in [0.25, 0.3) is 0 Å². The third kappa shape index (κ3) is 1.11. The summed E-state index contributed by atoms with van der Waals surface area (Å²) in [6, 6.07) is 0. The van der Waals surface area contributed by atoms with Crippen molar-refractivity contribution in [2.75, 3.05) is 0 Å². The number of nitrogens with zero attached hydrogens (tertiary/aromatic N) is 1. The molecule has 0 aliphatic carbocycles. The number of thiazole rings is 1. The molecule has 0 N–H and O–H groups in total. The first-order valence-electron chi connectivity index (χ1n) is 1.99. The maximum absolute atomic E-state index is 9.98. The third-order valence-corrected chi connectivity index (χ3v) is 1.91. The Kier molecular flexibility index (Phi) is 1.71. The lowest BCUT2D eigenvalue weighted by molar-refractivity contribution is 0.112. The summed E-state index contributed by atoms with van der Waals surface area (Å²) in [5, 5.41) is 0. The Bertz CT molecular complexity index is 198. The first-order valence-corrected chi connectivity index (χ1v) is 3.39. The van der Waals surface area contributed by atoms with Crippen LogP contribution in [0.1, 0.15) is 9.67 Å². The van der Waals surface area contributed by atoms with Gasteiger partial charge < -0.3 is 0 Å². The standard InChI is InChI=1S/C4H4NOPS/c6-2-3-1-5-4(7)8-3/h1-2H,7H2. The molecule has 0 aromatic carbocycles. The zero-order valence-corrected chi connectivity index (χ0v) is 5.97. The molecule has 0 saturated heterocycles. The fraction of sp³-hybridized carbons (Fsp3) is 0. The van der Waals surface area contributed by atoms with E-state index in [0.29, 0.717) is 4.88 Å². The van der Waals surface area contributed by atoms with Crippen LogP contribution in [0.2, 0.25) is 0 Å². The molecule has 1 heterocycles. The van der Waals surface area contributed by atoms with E-state index < -0.39 is 0 Å². The quantitative estimate of drug-likeness (QED) is 0.424. The first-order chi connectivity index (χ1) is 3.83. The summed E-state index contributed by atoms with van der Waals surface area (Å²) in [7, 11) is 2.43. The second-order valence-corrected chi connectivity index (χ2v) is 3.28. The smallest absolute Gasteiger partial charge is 0.161 e. The molecular weight excluding hydrogens is 141 g/mol. The summed E-state index contributed by atoms with van der Waals surface area (Å²) in [5.41, 5.74) is 0. The van der Waals surface area contributed by atoms with Crippen LogP contribution in [0.5, 0.6) is 0 Å². The van der Waals surface area contributed by atoms with Gasteiger partial charge in [-0.15, -0.1) is 11.3 Å². The van der Waals surface area contributed by atoms with E-state index in [2.05, 4.69) is 14.2 Å². The van der Waals surface area contributed by atoms with Gasteiger partial charge in [-0.25, -0.2) is 4.98 Å². The molecule has 1 aromatic rings. The molecule has 0 fully saturated rings. The second-order valence-electron chi connectivity index (χ2n) is 1.22. The molecule has 1 rings (SSSR count). The van der Waals surface area contributed by atoms with Crippen LogP contribution in [0, 0.1) is 0 Å². The van der Waals surface area contributed by atoms with Crippen molar-refractivity contribution in [1.82, 2.24) is 4.98 Å². The Balaban J connectivity index is 3.00. The van der Waals surface area contributed by atoms with Gasteiger partial charge in [0.2, 0.25) is 0 Å². The molecule has 0 bridgehead atoms. The van der Waals surface area contributed by atoms with Crippen molar-refractivity contribution in [3.63, 3.8) is 0 Å². The van der Waals surface area contributed by atoms with Crippen LogP contribution in [0.3, 0.4) is 0 Å². The number of aromatic nitrogens is 1. The Labute approximate surface area is 53.1 Å². The molecule has 0 aliphatic rings. The molecule has 0 saturated carbocycles. The highest BCUT2D eigenvalue weighted by Gasteiger charge is 1.91. The van der Waals surface area contributed by atoms with Gasteiger partial charge in [-0.1, -0.05) is 9.24 Å². The van der Waals surface area contributed by atoms with E-state index >= 15 is 0 Å². The molecule has 0 radical (unpaired) electrons. The predicted octanol–water partition coefficient (Wildman–Crippen LogP) is 0.456. The Morgan fingerprint density at radius 2 is 2.62 bits per heavy atom. The summed E-state index contributed by atoms with van der Waals surface area (Å²) >= 11 is 1.37. The van der Waals surface area contributed by atoms with Gasteiger partial charge in [0.05, 0.1) is 4.88 Å². The number of hydrogen-bond donors (Lipinski definition) is 0. The van der Waals surface area contributed by atoms with E-state index in [1.165, 1.54) is 11.3 Å². The van der Waals surface area contributed by atoms with Crippen molar-refractivity contribution in [2.24, 2.45) is 0 Å². The van der Waals surface area contributed by atoms with E-state index in [1.54, 1.807) is 6.20 Å². The average Bonchev–Trinajstić information content (AvgIpc) is 2.14. The molecule has 0 amide bonds. The normalized spacial score (nSPS) is 9.12. The highest BCUT2D eigenvalue weighted by atomic mass is 32.1. The molecule has 8 heavy (non-hydrogen) atoms. The minimum absolute atomic E-state index is 0.676. The van der Waals surface area contributed by atoms with Gasteiger partial charge in [0.1, 0.15) is 4.75 Å². The highest BCUT2D eigenvalue weighted by molar-refractivity contribution is 7.43. The lowest BCUT2D eigenvalue weighted by Crippen LogP contribution is -1.79. The number of rotatable bonds is 1. The van der Waals surface area contributed by atoms with Gasteiger partial charge in [0.25, 0.3) is 0 Å². The van der Waals surface area contributed by atoms with Gasteiger partial charge in [0.15, 0.2) is 6.29 Å². The summed E-state index contributed by atoms with van der Waals surface area (Å²) < 4.78 is 0.854. The van der Waals surface area contributed by atoms with E-state index in [9.17, 15) is 4.79 Å². The van der Waals surface area contributed by atoms with Crippen LogP contribution in [-0.4, -0.2) is 11.3 Å². The van der Waals surface area contributed by atoms with E-state index in [4.69, 9.17) is 0 Å². The zero-order chi connectivity index (χ0) is 5.98. The SMILES string of the molecule is O=Cc1cnc(P)s1. The Morgan fingerprint density at radius 1 is 1.88 bits per heavy atom. The Morgan fingerprint density at radius 3 is 2.88 bits per heavy atom. The number of aldehydes is 1. The summed E-state index contributed by atoms with van der Waals surface area (Å²) in [4.78, 5) is 14.5. The molecule has 1 aromatic heterocycles. The van der Waals surface area contributed by atoms with Crippen LogP contribution in [0.15, 0.2) is 6.20 Å². The van der Waals surface area contributed by atoms with Crippen molar-refractivity contribution < 1.29 is 4.79 Å². The third-order valence-electron chi connectivity index (χ3n) is 0.658. The van der Waals surface area contributed by atoms with Crippen molar-refractivity contribution >= 4 is 31.6 Å². The molecule has 0 aliphatic heterocycles. The minimum atomic E-state index is 0.676. The summed E-state index contributed by atoms with van der Waals surface area (Å²) in [6.07, 6.45) is 2.35. The number of hydrogen-bond acceptors (Lipinski definition) is 3. The number of carbonyl (C=O) groups excluding carboxylic acids is 1. The van der Waals surface area contributed by atoms with Gasteiger partial charge in [-0.05, 0) is 0 Å². The van der Waals surface area contributed by atoms with Crippen LogP contribution in [0.4, 0.5) is 0 Å². The monoisotopic (exact) mass is 145 g/mol. The maximum atomic E-state index is 9.98. The van der Waals surface area contributed by atoms with E-state index in [-0.39, 0.29) is 0 Å². The van der Waals surface area contributed by atoms with Crippen molar-refractivity contribution in [3.05, 3.63) is 11.1 Å². The van der Waals surface area contributed by atoms with Crippen LogP contribution in [-0.2, 0) is 0 Å². The molecule has 1 atom stereocenters. The summed E-state index contributed by atoms with van der Waals surface area (Å²) in [6.45, 7) is 0. The minimum Gasteiger partial charge on any atom is -0.297 e. The van der Waals surface area contributed by atoms with Gasteiger partial charge in [-0.3, -0.25) is 4.79 Å². The van der Waals surface area contributed by atoms with E-state index in [1.807, 2.05) is 0 Å². The largest absolute Gasteiger partial charge is 0.297 e. The second kappa shape index (κ2) is 2.33. The van der Waals surface area contributed by atoms with Gasteiger partial charge in [-0.2, -0.15) is 0 Å². The molecule has 2 nitrogen and oxygen atoms in total. The lowest BCUT2D eigenvalue weighted by Gasteiger charge is -1.68. The zero-order valence-electron chi connectivity index (χ0n) is 4.00. The van der Waals surface area contributed by atoms with E-state index in [0.717, 1.165) is 11.0 Å². The first kappa shape index (κ1) is 5.86. The van der Waals surface area contributed by atoms with Crippen molar-refractivity contribution in [1.29, 1.82) is 0 Å². The van der Waals surface area contributed by atoms with Crippen molar-refractivity contribution in [3.8, 4) is 0 Å². The predicted molar refractivity (Wildman–Crippen MR) is 36.8 cm³/mol. The molecule has 42 valence electrons. The summed E-state index contributed by atoms with van der Waals surface area (Å²) in [5.74, 6) is 0. The maximum Gasteiger partial charge on any atom is 0.161 e. The molecule has 1 unspecified atom stereocenters. The molecule has 0 spiro atoms. The van der Waals surface area contributed by atoms with Crippen molar-refractivity contribution in [2.45, 2.75) is 0 Å². The molecule has 4 heteroatoms. The van der Waals surface area contributed by atoms with Crippen LogP contribution >= 0.6 is 20.6 Å². The Hall–Kier alpha value is -0.270.